The van der Waals surface area contributed by atoms with Crippen LogP contribution in [0.15, 0.2) is 30.3 Å². The average molecular weight is 713 g/mol. The summed E-state index contributed by atoms with van der Waals surface area (Å²) in [6, 6.07) is 6.81. The van der Waals surface area contributed by atoms with Gasteiger partial charge in [0, 0.05) is 43.1 Å². The molecule has 270 valence electrons. The van der Waals surface area contributed by atoms with E-state index in [2.05, 4.69) is 21.0 Å². The van der Waals surface area contributed by atoms with Crippen LogP contribution in [-0.4, -0.2) is 63.6 Å². The van der Waals surface area contributed by atoms with Crippen molar-refractivity contribution in [1.29, 1.82) is 0 Å². The Balaban J connectivity index is 1.33. The van der Waals surface area contributed by atoms with Gasteiger partial charge < -0.3 is 20.9 Å². The number of benzene rings is 2. The number of nitrogens with one attached hydrogen (secondary N) is 3. The first kappa shape index (κ1) is 37.2. The van der Waals surface area contributed by atoms with Crippen molar-refractivity contribution in [1.82, 2.24) is 25.3 Å². The first-order valence-electron chi connectivity index (χ1n) is 17.8. The molecule has 6 bridgehead atoms. The number of rotatable bonds is 1. The Hall–Kier alpha value is -4.06. The summed E-state index contributed by atoms with van der Waals surface area (Å²) >= 11 is 6.22. The number of halogens is 3. The van der Waals surface area contributed by atoms with Crippen LogP contribution < -0.4 is 16.0 Å². The maximum Gasteiger partial charge on any atom is 0.319 e. The van der Waals surface area contributed by atoms with Crippen molar-refractivity contribution in [2.24, 2.45) is 0 Å². The number of hydrogen-bond acceptors (Lipinski definition) is 5. The lowest BCUT2D eigenvalue weighted by atomic mass is 10.0. The van der Waals surface area contributed by atoms with Gasteiger partial charge in [-0.1, -0.05) is 75.5 Å². The quantitative estimate of drug-likeness (QED) is 0.229. The number of alkyl halides is 1. The van der Waals surface area contributed by atoms with Gasteiger partial charge in [-0.3, -0.25) is 19.1 Å². The first-order valence-corrected chi connectivity index (χ1v) is 18.2. The van der Waals surface area contributed by atoms with Crippen LogP contribution in [0.25, 0.3) is 10.9 Å². The van der Waals surface area contributed by atoms with Crippen LogP contribution >= 0.6 is 11.6 Å². The van der Waals surface area contributed by atoms with Gasteiger partial charge in [-0.2, -0.15) is 5.10 Å². The molecule has 50 heavy (non-hydrogen) atoms. The molecule has 6 rings (SSSR count). The number of fused-ring (bicyclic) bond motifs is 19. The number of Topliss-reactive ketones (excluding diaryl/α,β-unsaturated/α-hetero) is 1. The third-order valence-corrected chi connectivity index (χ3v) is 9.82. The zero-order valence-corrected chi connectivity index (χ0v) is 29.4. The molecule has 0 spiro atoms. The van der Waals surface area contributed by atoms with Gasteiger partial charge in [0.05, 0.1) is 17.1 Å². The summed E-state index contributed by atoms with van der Waals surface area (Å²) in [5, 5.41) is 13.2. The Morgan fingerprint density at radius 3 is 2.30 bits per heavy atom. The summed E-state index contributed by atoms with van der Waals surface area (Å²) in [5.74, 6) is -2.11. The number of aromatic nitrogens is 2. The fourth-order valence-corrected chi connectivity index (χ4v) is 7.13. The lowest BCUT2D eigenvalue weighted by molar-refractivity contribution is -0.139. The molecule has 0 radical (unpaired) electrons. The number of nitrogens with zero attached hydrogens (tertiary/aromatic N) is 3. The highest BCUT2D eigenvalue weighted by molar-refractivity contribution is 6.30. The molecule has 10 nitrogen and oxygen atoms in total. The maximum atomic E-state index is 15.0. The molecule has 3 aliphatic heterocycles. The predicted molar refractivity (Wildman–Crippen MR) is 190 cm³/mol. The van der Waals surface area contributed by atoms with E-state index in [0.29, 0.717) is 23.1 Å². The van der Waals surface area contributed by atoms with E-state index in [0.717, 1.165) is 50.5 Å². The van der Waals surface area contributed by atoms with Gasteiger partial charge in [-0.05, 0) is 49.1 Å². The molecule has 3 aromatic rings. The van der Waals surface area contributed by atoms with Gasteiger partial charge in [-0.25, -0.2) is 13.6 Å². The molecular formula is C37H47ClF2N6O4. The number of urea groups is 1. The summed E-state index contributed by atoms with van der Waals surface area (Å²) < 4.78 is 31.0. The fourth-order valence-electron chi connectivity index (χ4n) is 6.87. The summed E-state index contributed by atoms with van der Waals surface area (Å²) in [6.07, 6.45) is 11.2. The van der Waals surface area contributed by atoms with Crippen molar-refractivity contribution in [3.05, 3.63) is 58.0 Å². The zero-order valence-electron chi connectivity index (χ0n) is 28.7. The fraction of sp³-hybridized carbons (Fsp3) is 0.541. The molecule has 0 saturated carbocycles. The number of anilines is 1. The largest absolute Gasteiger partial charge is 0.350 e. The van der Waals surface area contributed by atoms with Crippen molar-refractivity contribution < 1.29 is 28.0 Å². The molecule has 1 fully saturated rings. The highest BCUT2D eigenvalue weighted by Crippen LogP contribution is 2.27. The van der Waals surface area contributed by atoms with Crippen LogP contribution in [0.4, 0.5) is 19.3 Å². The Labute approximate surface area is 296 Å². The standard InChI is InChI=1S/C37H47ClF2N6O4/c1-24(47)35-29-20-28-14-15-31(29)46(44-35)23-33(48)45-22-27(39)19-32(45)36(49)42-21-26-17-25(18-30(38)34(26)40)13-11-9-7-5-3-2-4-6-8-10-12-16-41-37(50)43-28/h14-15,17-18,20,27,32H,2-13,16,19,21-23H2,1H3,(H,42,49)(H2,41,43,50)/t27-,32+/m1/s1. The van der Waals surface area contributed by atoms with Gasteiger partial charge >= 0.3 is 6.03 Å². The average Bonchev–Trinajstić information content (AvgIpc) is 3.65. The van der Waals surface area contributed by atoms with Crippen LogP contribution in [0, 0.1) is 5.82 Å². The van der Waals surface area contributed by atoms with Gasteiger partial charge in [0.15, 0.2) is 5.78 Å². The van der Waals surface area contributed by atoms with Crippen molar-refractivity contribution in [3.8, 4) is 0 Å². The van der Waals surface area contributed by atoms with Crippen LogP contribution in [0.3, 0.4) is 0 Å². The topological polar surface area (TPSA) is 125 Å². The molecule has 1 saturated heterocycles. The molecule has 4 heterocycles. The van der Waals surface area contributed by atoms with E-state index in [-0.39, 0.29) is 54.1 Å². The van der Waals surface area contributed by atoms with E-state index in [9.17, 15) is 28.0 Å². The minimum Gasteiger partial charge on any atom is -0.350 e. The van der Waals surface area contributed by atoms with E-state index in [1.807, 2.05) is 0 Å². The molecule has 13 heteroatoms. The minimum absolute atomic E-state index is 0.0167. The minimum atomic E-state index is -1.42. The molecule has 0 unspecified atom stereocenters. The number of amides is 4. The molecule has 3 N–H and O–H groups in total. The van der Waals surface area contributed by atoms with Crippen molar-refractivity contribution in [3.63, 3.8) is 0 Å². The number of aryl methyl sites for hydroxylation is 1. The van der Waals surface area contributed by atoms with Crippen LogP contribution in [0.5, 0.6) is 0 Å². The van der Waals surface area contributed by atoms with Gasteiger partial charge in [0.1, 0.15) is 30.3 Å². The summed E-state index contributed by atoms with van der Waals surface area (Å²) in [4.78, 5) is 53.1. The van der Waals surface area contributed by atoms with E-state index >= 15 is 0 Å². The normalized spacial score (nSPS) is 21.3. The maximum absolute atomic E-state index is 15.0. The summed E-state index contributed by atoms with van der Waals surface area (Å²) in [6.45, 7) is 1.12. The Bertz CT molecular complexity index is 1700. The molecule has 2 atom stereocenters. The van der Waals surface area contributed by atoms with Crippen molar-refractivity contribution in [2.75, 3.05) is 18.4 Å². The second-order valence-corrected chi connectivity index (χ2v) is 13.9. The van der Waals surface area contributed by atoms with E-state index in [1.54, 1.807) is 30.3 Å². The second-order valence-electron chi connectivity index (χ2n) is 13.5. The molecule has 0 aliphatic carbocycles. The Morgan fingerprint density at radius 1 is 0.920 bits per heavy atom. The number of carbonyl (C=O) groups is 4. The molecule has 3 aliphatic rings. The third-order valence-electron chi connectivity index (χ3n) is 9.54. The third kappa shape index (κ3) is 9.80. The van der Waals surface area contributed by atoms with Crippen LogP contribution in [0.2, 0.25) is 5.02 Å². The summed E-state index contributed by atoms with van der Waals surface area (Å²) in [7, 11) is 0. The summed E-state index contributed by atoms with van der Waals surface area (Å²) in [5.41, 5.74) is 2.16. The molecule has 2 aromatic carbocycles. The monoisotopic (exact) mass is 712 g/mol. The van der Waals surface area contributed by atoms with Crippen LogP contribution in [0.1, 0.15) is 106 Å². The Morgan fingerprint density at radius 2 is 1.60 bits per heavy atom. The molecule has 1 aromatic heterocycles. The highest BCUT2D eigenvalue weighted by atomic mass is 35.5. The van der Waals surface area contributed by atoms with Crippen LogP contribution in [-0.2, 0) is 29.1 Å². The van der Waals surface area contributed by atoms with Gasteiger partial charge in [0.25, 0.3) is 0 Å². The van der Waals surface area contributed by atoms with E-state index in [1.165, 1.54) is 48.6 Å². The first-order chi connectivity index (χ1) is 24.1. The molecule has 4 amide bonds. The number of carbonyl (C=O) groups excluding carboxylic acids is 4. The van der Waals surface area contributed by atoms with Crippen molar-refractivity contribution in [2.45, 2.75) is 116 Å². The molecular weight excluding hydrogens is 666 g/mol. The van der Waals surface area contributed by atoms with E-state index < -0.39 is 29.8 Å². The van der Waals surface area contributed by atoms with E-state index in [4.69, 9.17) is 11.6 Å². The number of hydrogen-bond donors (Lipinski definition) is 3. The lowest BCUT2D eigenvalue weighted by Gasteiger charge is -2.24. The number of ketones is 1. The van der Waals surface area contributed by atoms with Gasteiger partial charge in [0.2, 0.25) is 11.8 Å². The highest BCUT2D eigenvalue weighted by Gasteiger charge is 2.40. The predicted octanol–water partition coefficient (Wildman–Crippen LogP) is 7.26. The zero-order chi connectivity index (χ0) is 35.6. The second kappa shape index (κ2) is 17.7. The Kier molecular flexibility index (Phi) is 13.2. The van der Waals surface area contributed by atoms with Crippen molar-refractivity contribution >= 4 is 51.8 Å². The van der Waals surface area contributed by atoms with Gasteiger partial charge in [-0.15, -0.1) is 0 Å². The smallest absolute Gasteiger partial charge is 0.319 e. The SMILES string of the molecule is CC(=O)c1nn2c3ccc(cc13)NC(=O)NCCCCCCCCCCCCCc1cc(Cl)c(F)c(c1)CNC(=O)[C@@H]1C[C@@H](F)CN1C(=O)C2. The lowest BCUT2D eigenvalue weighted by Crippen LogP contribution is -2.46.